The Labute approximate surface area is 214 Å². The van der Waals surface area contributed by atoms with E-state index in [1.165, 1.54) is 35.3 Å². The summed E-state index contributed by atoms with van der Waals surface area (Å²) in [5, 5.41) is 10.4. The molecule has 0 aromatic heterocycles. The number of carbonyl (C=O) groups excluding carboxylic acids is 3. The van der Waals surface area contributed by atoms with Crippen molar-refractivity contribution >= 4 is 35.4 Å². The third-order valence-electron chi connectivity index (χ3n) is 8.18. The average molecular weight is 520 g/mol. The Morgan fingerprint density at radius 1 is 1.28 bits per heavy atom. The normalized spacial score (nSPS) is 29.2. The zero-order chi connectivity index (χ0) is 25.6. The number of fused-ring (bicyclic) bond motifs is 1. The summed E-state index contributed by atoms with van der Waals surface area (Å²) in [6.45, 7) is 3.28. The lowest BCUT2D eigenvalue weighted by Crippen LogP contribution is -2.61. The first-order chi connectivity index (χ1) is 17.2. The van der Waals surface area contributed by atoms with Gasteiger partial charge in [0.1, 0.15) is 11.9 Å². The molecule has 3 amide bonds. The molecule has 1 aromatic rings. The molecule has 4 fully saturated rings. The summed E-state index contributed by atoms with van der Waals surface area (Å²) in [5.74, 6) is -1.11. The molecule has 1 aromatic carbocycles. The lowest BCUT2D eigenvalue weighted by Gasteiger charge is -2.42. The number of hydrogen-bond donors (Lipinski definition) is 1. The Balaban J connectivity index is 1.16. The summed E-state index contributed by atoms with van der Waals surface area (Å²) < 4.78 is 19.2. The number of carbonyl (C=O) groups is 3. The number of piperidine rings is 1. The van der Waals surface area contributed by atoms with Gasteiger partial charge >= 0.3 is 0 Å². The number of benzene rings is 1. The van der Waals surface area contributed by atoms with Crippen LogP contribution in [0.4, 0.5) is 4.39 Å². The number of aliphatic hydroxyl groups excluding tert-OH is 1. The van der Waals surface area contributed by atoms with Crippen molar-refractivity contribution in [1.82, 2.24) is 14.7 Å². The number of rotatable bonds is 5. The van der Waals surface area contributed by atoms with Crippen LogP contribution >= 0.6 is 11.6 Å². The van der Waals surface area contributed by atoms with Gasteiger partial charge in [0.05, 0.1) is 30.3 Å². The van der Waals surface area contributed by atoms with Crippen LogP contribution in [0.2, 0.25) is 5.02 Å². The van der Waals surface area contributed by atoms with E-state index >= 15 is 0 Å². The van der Waals surface area contributed by atoms with E-state index in [0.717, 1.165) is 19.3 Å². The van der Waals surface area contributed by atoms with Gasteiger partial charge in [-0.15, -0.1) is 0 Å². The van der Waals surface area contributed by atoms with Crippen molar-refractivity contribution < 1.29 is 28.6 Å². The van der Waals surface area contributed by atoms with Crippen LogP contribution in [0, 0.1) is 11.2 Å². The zero-order valence-corrected chi connectivity index (χ0v) is 21.0. The predicted molar refractivity (Wildman–Crippen MR) is 130 cm³/mol. The zero-order valence-electron chi connectivity index (χ0n) is 20.2. The van der Waals surface area contributed by atoms with Gasteiger partial charge in [-0.25, -0.2) is 4.39 Å². The second kappa shape index (κ2) is 9.76. The van der Waals surface area contributed by atoms with Gasteiger partial charge in [0.15, 0.2) is 6.23 Å². The lowest BCUT2D eigenvalue weighted by molar-refractivity contribution is -0.160. The van der Waals surface area contributed by atoms with E-state index in [4.69, 9.17) is 16.3 Å². The minimum absolute atomic E-state index is 0.00616. The molecule has 3 saturated heterocycles. The van der Waals surface area contributed by atoms with E-state index in [2.05, 4.69) is 0 Å². The number of nitrogens with zero attached hydrogens (tertiary/aromatic N) is 3. The fourth-order valence-electron chi connectivity index (χ4n) is 5.57. The van der Waals surface area contributed by atoms with Crippen molar-refractivity contribution in [3.05, 3.63) is 40.7 Å². The molecule has 4 aliphatic rings. The minimum Gasteiger partial charge on any atom is -0.391 e. The van der Waals surface area contributed by atoms with Crippen molar-refractivity contribution in [2.45, 2.75) is 63.4 Å². The van der Waals surface area contributed by atoms with Crippen molar-refractivity contribution in [2.75, 3.05) is 26.2 Å². The maximum atomic E-state index is 13.4. The Kier molecular flexibility index (Phi) is 6.82. The van der Waals surface area contributed by atoms with Crippen LogP contribution in [0.15, 0.2) is 24.3 Å². The number of ether oxygens (including phenoxy) is 1. The Hall–Kier alpha value is -2.49. The maximum Gasteiger partial charge on any atom is 0.247 e. The third kappa shape index (κ3) is 4.76. The Morgan fingerprint density at radius 3 is 2.75 bits per heavy atom. The third-order valence-corrected chi connectivity index (χ3v) is 8.47. The first-order valence-electron chi connectivity index (χ1n) is 12.5. The van der Waals surface area contributed by atoms with Crippen molar-refractivity contribution in [2.24, 2.45) is 5.41 Å². The average Bonchev–Trinajstić information content (AvgIpc) is 3.53. The molecule has 1 aliphatic carbocycles. The Morgan fingerprint density at radius 2 is 2.06 bits per heavy atom. The van der Waals surface area contributed by atoms with E-state index in [9.17, 15) is 23.9 Å². The summed E-state index contributed by atoms with van der Waals surface area (Å²) in [6.07, 6.45) is 5.56. The fraction of sp³-hybridized carbons (Fsp3) is 0.577. The molecule has 1 saturated carbocycles. The van der Waals surface area contributed by atoms with Crippen LogP contribution in [0.3, 0.4) is 0 Å². The number of β-amino-alcohol motifs (C(OH)–C–C–N with tert-alkyl or cyclic N) is 1. The van der Waals surface area contributed by atoms with Crippen molar-refractivity contribution in [1.29, 1.82) is 0 Å². The molecular formula is C26H31ClFN3O5. The number of piperazine rings is 1. The number of halogens is 2. The predicted octanol–water partition coefficient (Wildman–Crippen LogP) is 2.43. The van der Waals surface area contributed by atoms with Gasteiger partial charge in [0, 0.05) is 25.6 Å². The molecule has 3 aliphatic heterocycles. The SMILES string of the molecule is CC1C(=O)N2C(CCC(=O)N3CCC4(CC4)C(O)C3)COC2CN1C(=O)C=Cc1ccc(F)c(Cl)c1. The van der Waals surface area contributed by atoms with E-state index in [-0.39, 0.29) is 47.2 Å². The first-order valence-corrected chi connectivity index (χ1v) is 12.9. The molecule has 0 radical (unpaired) electrons. The van der Waals surface area contributed by atoms with E-state index < -0.39 is 24.2 Å². The maximum absolute atomic E-state index is 13.4. The van der Waals surface area contributed by atoms with Crippen LogP contribution in [0.25, 0.3) is 6.08 Å². The van der Waals surface area contributed by atoms with Crippen LogP contribution in [-0.2, 0) is 19.1 Å². The molecule has 4 unspecified atom stereocenters. The molecule has 5 rings (SSSR count). The second-order valence-electron chi connectivity index (χ2n) is 10.4. The van der Waals surface area contributed by atoms with Gasteiger partial charge in [-0.3, -0.25) is 14.4 Å². The molecule has 1 spiro atoms. The summed E-state index contributed by atoms with van der Waals surface area (Å²) in [7, 11) is 0. The molecule has 0 bridgehead atoms. The molecule has 8 nitrogen and oxygen atoms in total. The van der Waals surface area contributed by atoms with Gasteiger partial charge in [-0.05, 0) is 61.8 Å². The van der Waals surface area contributed by atoms with E-state index in [0.29, 0.717) is 31.7 Å². The first kappa shape index (κ1) is 25.2. The second-order valence-corrected chi connectivity index (χ2v) is 10.8. The van der Waals surface area contributed by atoms with Gasteiger partial charge in [-0.2, -0.15) is 0 Å². The summed E-state index contributed by atoms with van der Waals surface area (Å²) in [6, 6.07) is 3.26. The molecule has 36 heavy (non-hydrogen) atoms. The van der Waals surface area contributed by atoms with Crippen molar-refractivity contribution in [3.8, 4) is 0 Å². The number of hydrogen-bond acceptors (Lipinski definition) is 5. The van der Waals surface area contributed by atoms with E-state index in [1.54, 1.807) is 16.7 Å². The van der Waals surface area contributed by atoms with Crippen LogP contribution in [0.5, 0.6) is 0 Å². The van der Waals surface area contributed by atoms with Gasteiger partial charge in [0.25, 0.3) is 0 Å². The quantitative estimate of drug-likeness (QED) is 0.603. The van der Waals surface area contributed by atoms with Gasteiger partial charge < -0.3 is 24.5 Å². The van der Waals surface area contributed by atoms with Crippen molar-refractivity contribution in [3.63, 3.8) is 0 Å². The number of aliphatic hydroxyl groups is 1. The highest BCUT2D eigenvalue weighted by atomic mass is 35.5. The van der Waals surface area contributed by atoms with E-state index in [1.807, 2.05) is 0 Å². The fourth-order valence-corrected chi connectivity index (χ4v) is 5.76. The topological polar surface area (TPSA) is 90.4 Å². The molecule has 4 atom stereocenters. The minimum atomic E-state index is -0.679. The smallest absolute Gasteiger partial charge is 0.247 e. The highest BCUT2D eigenvalue weighted by Crippen LogP contribution is 2.53. The summed E-state index contributed by atoms with van der Waals surface area (Å²) in [4.78, 5) is 43.7. The summed E-state index contributed by atoms with van der Waals surface area (Å²) in [5.41, 5.74) is 0.618. The van der Waals surface area contributed by atoms with Crippen LogP contribution < -0.4 is 0 Å². The number of likely N-dealkylation sites (tertiary alicyclic amines) is 1. The Bertz CT molecular complexity index is 1090. The standard InChI is InChI=1S/C26H31ClFN3O5/c1-16-25(35)31-18(4-7-22(33)29-11-10-26(8-9-26)21(32)13-29)15-36-24(31)14-30(16)23(34)6-3-17-2-5-20(28)19(27)12-17/h2-3,5-6,12,16,18,21,24,32H,4,7-11,13-15H2,1H3. The molecule has 1 N–H and O–H groups in total. The highest BCUT2D eigenvalue weighted by molar-refractivity contribution is 6.30. The monoisotopic (exact) mass is 519 g/mol. The lowest BCUT2D eigenvalue weighted by atomic mass is 9.90. The van der Waals surface area contributed by atoms with Crippen LogP contribution in [0.1, 0.15) is 44.6 Å². The van der Waals surface area contributed by atoms with Crippen LogP contribution in [-0.4, -0.2) is 88.2 Å². The summed E-state index contributed by atoms with van der Waals surface area (Å²) >= 11 is 5.80. The highest BCUT2D eigenvalue weighted by Gasteiger charge is 2.52. The largest absolute Gasteiger partial charge is 0.391 e. The van der Waals surface area contributed by atoms with Gasteiger partial charge in [0.2, 0.25) is 17.7 Å². The molecular weight excluding hydrogens is 489 g/mol. The molecule has 194 valence electrons. The molecule has 10 heteroatoms. The number of amides is 3. The molecule has 3 heterocycles. The van der Waals surface area contributed by atoms with Gasteiger partial charge in [-0.1, -0.05) is 17.7 Å².